The molecule has 5 nitrogen and oxygen atoms in total. The lowest BCUT2D eigenvalue weighted by atomic mass is 9.91. The normalized spacial score (nSPS) is 22.9. The maximum absolute atomic E-state index is 12.2. The van der Waals surface area contributed by atoms with Gasteiger partial charge in [-0.25, -0.2) is 0 Å². The third kappa shape index (κ3) is 3.94. The van der Waals surface area contributed by atoms with Crippen LogP contribution in [0.25, 0.3) is 0 Å². The van der Waals surface area contributed by atoms with Crippen molar-refractivity contribution in [2.45, 2.75) is 38.8 Å². The van der Waals surface area contributed by atoms with Crippen LogP contribution >= 0.6 is 0 Å². The maximum atomic E-state index is 12.2. The highest BCUT2D eigenvalue weighted by molar-refractivity contribution is 5.86. The highest BCUT2D eigenvalue weighted by Gasteiger charge is 2.42. The van der Waals surface area contributed by atoms with Gasteiger partial charge in [0.15, 0.2) is 0 Å². The summed E-state index contributed by atoms with van der Waals surface area (Å²) in [5, 5.41) is 11.9. The van der Waals surface area contributed by atoms with Crippen LogP contribution in [0.4, 0.5) is 0 Å². The zero-order chi connectivity index (χ0) is 13.1. The summed E-state index contributed by atoms with van der Waals surface area (Å²) in [4.78, 5) is 14.0. The first kappa shape index (κ1) is 14.4. The molecule has 0 spiro atoms. The summed E-state index contributed by atoms with van der Waals surface area (Å²) in [6, 6.07) is 0. The summed E-state index contributed by atoms with van der Waals surface area (Å²) in [6.45, 7) is 10.0. The molecule has 5 heteroatoms. The summed E-state index contributed by atoms with van der Waals surface area (Å²) in [5.74, 6) is 0.101. The second-order valence-electron chi connectivity index (χ2n) is 5.70. The van der Waals surface area contributed by atoms with Gasteiger partial charge in [-0.3, -0.25) is 10.1 Å². The van der Waals surface area contributed by atoms with Crippen molar-refractivity contribution in [2.75, 3.05) is 32.9 Å². The molecule has 100 valence electrons. The molecular formula is C12H24N2O3. The highest BCUT2D eigenvalue weighted by Crippen LogP contribution is 2.21. The van der Waals surface area contributed by atoms with Crippen LogP contribution in [0.2, 0.25) is 0 Å². The lowest BCUT2D eigenvalue weighted by Gasteiger charge is -2.47. The van der Waals surface area contributed by atoms with Crippen LogP contribution < -0.4 is 5.32 Å². The van der Waals surface area contributed by atoms with E-state index in [1.54, 1.807) is 0 Å². The molecular weight excluding hydrogens is 220 g/mol. The topological polar surface area (TPSA) is 61.8 Å². The fourth-order valence-corrected chi connectivity index (χ4v) is 2.41. The molecule has 0 atom stereocenters. The predicted octanol–water partition coefficient (Wildman–Crippen LogP) is -0.0157. The Hall–Kier alpha value is -0.650. The molecule has 2 N–H and O–H groups in total. The van der Waals surface area contributed by atoms with E-state index in [0.717, 1.165) is 0 Å². The molecule has 1 amide bonds. The van der Waals surface area contributed by atoms with Crippen LogP contribution in [0, 0.1) is 0 Å². The summed E-state index contributed by atoms with van der Waals surface area (Å²) in [6.07, 6.45) is 0. The summed E-state index contributed by atoms with van der Waals surface area (Å²) in [5.41, 5.74) is -0.618. The molecule has 0 aromatic heterocycles. The molecule has 1 heterocycles. The number of amides is 1. The zero-order valence-electron chi connectivity index (χ0n) is 11.2. The van der Waals surface area contributed by atoms with E-state index in [1.165, 1.54) is 0 Å². The predicted molar refractivity (Wildman–Crippen MR) is 65.8 cm³/mol. The minimum atomic E-state index is -0.529. The average Bonchev–Trinajstić information content (AvgIpc) is 2.18. The maximum Gasteiger partial charge on any atom is 0.242 e. The standard InChI is InChI=1S/C12H24N2O3/c1-11(2)9-14(5-7-17-8-6-15)10(16)12(3,4)13-11/h13,15H,5-9H2,1-4H3. The molecule has 0 unspecified atom stereocenters. The fraction of sp³-hybridized carbons (Fsp3) is 0.917. The Morgan fingerprint density at radius 1 is 1.35 bits per heavy atom. The summed E-state index contributed by atoms with van der Waals surface area (Å²) in [7, 11) is 0. The fourth-order valence-electron chi connectivity index (χ4n) is 2.41. The van der Waals surface area contributed by atoms with Crippen molar-refractivity contribution < 1.29 is 14.6 Å². The molecule has 0 aromatic rings. The number of nitrogens with one attached hydrogen (secondary N) is 1. The van der Waals surface area contributed by atoms with Crippen molar-refractivity contribution in [2.24, 2.45) is 0 Å². The van der Waals surface area contributed by atoms with Crippen molar-refractivity contribution in [3.05, 3.63) is 0 Å². The second kappa shape index (κ2) is 5.33. The molecule has 17 heavy (non-hydrogen) atoms. The molecule has 1 rings (SSSR count). The molecule has 0 radical (unpaired) electrons. The van der Waals surface area contributed by atoms with Crippen molar-refractivity contribution in [1.29, 1.82) is 0 Å². The van der Waals surface area contributed by atoms with Gasteiger partial charge in [0, 0.05) is 18.6 Å². The minimum absolute atomic E-state index is 0.0203. The number of carbonyl (C=O) groups excluding carboxylic acids is 1. The van der Waals surface area contributed by atoms with Gasteiger partial charge in [0.25, 0.3) is 0 Å². The number of nitrogens with zero attached hydrogens (tertiary/aromatic N) is 1. The molecule has 0 aromatic carbocycles. The molecule has 1 fully saturated rings. The van der Waals surface area contributed by atoms with Crippen molar-refractivity contribution in [3.8, 4) is 0 Å². The number of carbonyl (C=O) groups is 1. The second-order valence-corrected chi connectivity index (χ2v) is 5.70. The number of aliphatic hydroxyl groups excluding tert-OH is 1. The number of hydrogen-bond acceptors (Lipinski definition) is 4. The number of piperazine rings is 1. The average molecular weight is 244 g/mol. The van der Waals surface area contributed by atoms with Gasteiger partial charge in [0.1, 0.15) is 0 Å². The van der Waals surface area contributed by atoms with Crippen LogP contribution in [0.5, 0.6) is 0 Å². The van der Waals surface area contributed by atoms with E-state index >= 15 is 0 Å². The van der Waals surface area contributed by atoms with Crippen LogP contribution in [0.1, 0.15) is 27.7 Å². The third-order valence-corrected chi connectivity index (χ3v) is 2.80. The SMILES string of the molecule is CC1(C)CN(CCOCCO)C(=O)C(C)(C)N1. The highest BCUT2D eigenvalue weighted by atomic mass is 16.5. The largest absolute Gasteiger partial charge is 0.394 e. The van der Waals surface area contributed by atoms with Gasteiger partial charge >= 0.3 is 0 Å². The van der Waals surface area contributed by atoms with Gasteiger partial charge < -0.3 is 14.7 Å². The van der Waals surface area contributed by atoms with Gasteiger partial charge in [0.2, 0.25) is 5.91 Å². The number of rotatable bonds is 5. The number of aliphatic hydroxyl groups is 1. The van der Waals surface area contributed by atoms with E-state index in [2.05, 4.69) is 19.2 Å². The molecule has 1 aliphatic heterocycles. The van der Waals surface area contributed by atoms with Crippen LogP contribution in [-0.2, 0) is 9.53 Å². The first-order valence-corrected chi connectivity index (χ1v) is 6.06. The van der Waals surface area contributed by atoms with Crippen molar-refractivity contribution in [1.82, 2.24) is 10.2 Å². The van der Waals surface area contributed by atoms with Crippen LogP contribution in [-0.4, -0.2) is 59.9 Å². The third-order valence-electron chi connectivity index (χ3n) is 2.80. The molecule has 0 saturated carbocycles. The summed E-state index contributed by atoms with van der Waals surface area (Å²) < 4.78 is 5.21. The zero-order valence-corrected chi connectivity index (χ0v) is 11.2. The lowest BCUT2D eigenvalue weighted by Crippen LogP contribution is -2.69. The van der Waals surface area contributed by atoms with E-state index in [4.69, 9.17) is 9.84 Å². The first-order valence-electron chi connectivity index (χ1n) is 6.06. The van der Waals surface area contributed by atoms with Crippen molar-refractivity contribution >= 4 is 5.91 Å². The van der Waals surface area contributed by atoms with E-state index in [9.17, 15) is 4.79 Å². The number of hydrogen-bond donors (Lipinski definition) is 2. The Bertz CT molecular complexity index is 277. The molecule has 0 bridgehead atoms. The van der Waals surface area contributed by atoms with Gasteiger partial charge in [0.05, 0.1) is 25.4 Å². The van der Waals surface area contributed by atoms with Gasteiger partial charge in [-0.1, -0.05) is 0 Å². The van der Waals surface area contributed by atoms with Crippen LogP contribution in [0.3, 0.4) is 0 Å². The monoisotopic (exact) mass is 244 g/mol. The quantitative estimate of drug-likeness (QED) is 0.668. The Labute approximate surface area is 103 Å². The molecule has 1 saturated heterocycles. The molecule has 1 aliphatic rings. The first-order chi connectivity index (χ1) is 7.78. The van der Waals surface area contributed by atoms with Crippen molar-refractivity contribution in [3.63, 3.8) is 0 Å². The van der Waals surface area contributed by atoms with Gasteiger partial charge in [-0.05, 0) is 27.7 Å². The number of ether oxygens (including phenoxy) is 1. The lowest BCUT2D eigenvalue weighted by molar-refractivity contribution is -0.144. The van der Waals surface area contributed by atoms with Gasteiger partial charge in [-0.2, -0.15) is 0 Å². The van der Waals surface area contributed by atoms with E-state index in [0.29, 0.717) is 26.3 Å². The van der Waals surface area contributed by atoms with E-state index < -0.39 is 5.54 Å². The van der Waals surface area contributed by atoms with E-state index in [1.807, 2.05) is 18.7 Å². The van der Waals surface area contributed by atoms with Gasteiger partial charge in [-0.15, -0.1) is 0 Å². The summed E-state index contributed by atoms with van der Waals surface area (Å²) >= 11 is 0. The Kier molecular flexibility index (Phi) is 4.52. The van der Waals surface area contributed by atoms with E-state index in [-0.39, 0.29) is 18.1 Å². The Morgan fingerprint density at radius 3 is 2.59 bits per heavy atom. The van der Waals surface area contributed by atoms with Crippen LogP contribution in [0.15, 0.2) is 0 Å². The Morgan fingerprint density at radius 2 is 2.00 bits per heavy atom. The molecule has 0 aliphatic carbocycles. The smallest absolute Gasteiger partial charge is 0.242 e. The minimum Gasteiger partial charge on any atom is -0.394 e. The Balaban J connectivity index is 2.55.